The number of para-hydroxylation sites is 2. The van der Waals surface area contributed by atoms with Crippen LogP contribution in [0.1, 0.15) is 0 Å². The van der Waals surface area contributed by atoms with Gasteiger partial charge in [-0.2, -0.15) is 0 Å². The van der Waals surface area contributed by atoms with Crippen LogP contribution in [0, 0.1) is 0 Å². The third-order valence-corrected chi connectivity index (χ3v) is 2.62. The van der Waals surface area contributed by atoms with Crippen molar-refractivity contribution >= 4 is 28.7 Å². The fourth-order valence-corrected chi connectivity index (χ4v) is 1.90. The lowest BCUT2D eigenvalue weighted by Crippen LogP contribution is -2.37. The Morgan fingerprint density at radius 1 is 1.31 bits per heavy atom. The molecule has 2 rings (SSSR count). The molecule has 86 valence electrons. The number of hydrogen-bond donors (Lipinski definition) is 2. The molecule has 1 heterocycles. The van der Waals surface area contributed by atoms with Gasteiger partial charge in [-0.05, 0) is 24.4 Å². The average molecular weight is 237 g/mol. The van der Waals surface area contributed by atoms with Gasteiger partial charge in [0.15, 0.2) is 5.11 Å². The van der Waals surface area contributed by atoms with Gasteiger partial charge in [-0.15, -0.1) is 0 Å². The zero-order valence-corrected chi connectivity index (χ0v) is 9.80. The van der Waals surface area contributed by atoms with E-state index in [1.54, 1.807) is 0 Å². The molecule has 0 unspecified atom stereocenters. The molecule has 1 saturated heterocycles. The predicted molar refractivity (Wildman–Crippen MR) is 69.9 cm³/mol. The summed E-state index contributed by atoms with van der Waals surface area (Å²) in [5, 5.41) is 3.29. The van der Waals surface area contributed by atoms with Crippen LogP contribution in [-0.2, 0) is 4.74 Å². The number of benzene rings is 1. The van der Waals surface area contributed by atoms with Crippen molar-refractivity contribution in [3.8, 4) is 0 Å². The van der Waals surface area contributed by atoms with Crippen LogP contribution in [0.15, 0.2) is 24.3 Å². The van der Waals surface area contributed by atoms with E-state index in [0.29, 0.717) is 5.11 Å². The number of nitrogens with two attached hydrogens (primary N) is 1. The summed E-state index contributed by atoms with van der Waals surface area (Å²) in [6.45, 7) is 3.33. The Hall–Kier alpha value is -1.33. The Bertz CT molecular complexity index is 377. The molecular formula is C11H15N3OS. The summed E-state index contributed by atoms with van der Waals surface area (Å²) in [6, 6.07) is 8.01. The number of morpholine rings is 1. The second kappa shape index (κ2) is 5.14. The van der Waals surface area contributed by atoms with Crippen molar-refractivity contribution in [3.63, 3.8) is 0 Å². The molecule has 0 saturated carbocycles. The Morgan fingerprint density at radius 2 is 2.00 bits per heavy atom. The van der Waals surface area contributed by atoms with Crippen molar-refractivity contribution in [3.05, 3.63) is 24.3 Å². The standard InChI is InChI=1S/C11H15N3OS/c12-11(16)13-9-3-1-2-4-10(9)14-5-7-15-8-6-14/h1-4H,5-8H2,(H3,12,13,16). The van der Waals surface area contributed by atoms with Gasteiger partial charge in [-0.3, -0.25) is 0 Å². The summed E-state index contributed by atoms with van der Waals surface area (Å²) < 4.78 is 5.33. The van der Waals surface area contributed by atoms with Gasteiger partial charge in [0.25, 0.3) is 0 Å². The molecule has 1 aromatic carbocycles. The SMILES string of the molecule is NC(=S)Nc1ccccc1N1CCOCC1. The number of nitrogens with one attached hydrogen (secondary N) is 1. The minimum absolute atomic E-state index is 0.292. The zero-order valence-electron chi connectivity index (χ0n) is 8.98. The van der Waals surface area contributed by atoms with E-state index in [2.05, 4.69) is 16.3 Å². The van der Waals surface area contributed by atoms with Crippen LogP contribution in [-0.4, -0.2) is 31.4 Å². The van der Waals surface area contributed by atoms with Crippen LogP contribution in [0.4, 0.5) is 11.4 Å². The molecule has 0 spiro atoms. The highest BCUT2D eigenvalue weighted by Crippen LogP contribution is 2.25. The van der Waals surface area contributed by atoms with E-state index in [-0.39, 0.29) is 0 Å². The van der Waals surface area contributed by atoms with Crippen LogP contribution >= 0.6 is 12.2 Å². The first-order valence-electron chi connectivity index (χ1n) is 5.25. The van der Waals surface area contributed by atoms with E-state index in [9.17, 15) is 0 Å². The number of thiocarbonyl (C=S) groups is 1. The second-order valence-corrected chi connectivity index (χ2v) is 4.05. The molecule has 0 amide bonds. The normalized spacial score (nSPS) is 15.9. The maximum Gasteiger partial charge on any atom is 0.168 e. The molecule has 0 radical (unpaired) electrons. The van der Waals surface area contributed by atoms with E-state index in [1.807, 2.05) is 18.2 Å². The van der Waals surface area contributed by atoms with Crippen LogP contribution in [0.2, 0.25) is 0 Å². The number of anilines is 2. The Kier molecular flexibility index (Phi) is 3.58. The van der Waals surface area contributed by atoms with Crippen LogP contribution < -0.4 is 16.0 Å². The largest absolute Gasteiger partial charge is 0.378 e. The number of ether oxygens (including phenoxy) is 1. The van der Waals surface area contributed by atoms with Gasteiger partial charge >= 0.3 is 0 Å². The highest BCUT2D eigenvalue weighted by Gasteiger charge is 2.14. The number of nitrogens with zero attached hydrogens (tertiary/aromatic N) is 1. The molecule has 1 aliphatic rings. The molecule has 5 heteroatoms. The van der Waals surface area contributed by atoms with Gasteiger partial charge < -0.3 is 20.7 Å². The monoisotopic (exact) mass is 237 g/mol. The zero-order chi connectivity index (χ0) is 11.4. The van der Waals surface area contributed by atoms with Crippen LogP contribution in [0.3, 0.4) is 0 Å². The molecule has 0 atom stereocenters. The van der Waals surface area contributed by atoms with Crippen molar-refractivity contribution in [2.45, 2.75) is 0 Å². The first-order valence-corrected chi connectivity index (χ1v) is 5.66. The summed E-state index contributed by atoms with van der Waals surface area (Å²) in [7, 11) is 0. The van der Waals surface area contributed by atoms with Crippen molar-refractivity contribution in [1.82, 2.24) is 0 Å². The molecule has 1 aromatic rings. The Labute approximate surface area is 100 Å². The van der Waals surface area contributed by atoms with E-state index in [0.717, 1.165) is 37.7 Å². The fourth-order valence-electron chi connectivity index (χ4n) is 1.79. The molecule has 16 heavy (non-hydrogen) atoms. The molecule has 1 fully saturated rings. The van der Waals surface area contributed by atoms with Gasteiger partial charge in [0.05, 0.1) is 24.6 Å². The maximum atomic E-state index is 5.50. The average Bonchev–Trinajstić information content (AvgIpc) is 2.30. The van der Waals surface area contributed by atoms with Crippen LogP contribution in [0.25, 0.3) is 0 Å². The molecule has 0 aliphatic carbocycles. The quantitative estimate of drug-likeness (QED) is 0.756. The highest BCUT2D eigenvalue weighted by molar-refractivity contribution is 7.80. The fraction of sp³-hybridized carbons (Fsp3) is 0.364. The van der Waals surface area contributed by atoms with Crippen molar-refractivity contribution in [2.75, 3.05) is 36.5 Å². The van der Waals surface area contributed by atoms with Gasteiger partial charge in [-0.25, -0.2) is 0 Å². The summed E-state index contributed by atoms with van der Waals surface area (Å²) in [4.78, 5) is 2.27. The van der Waals surface area contributed by atoms with Gasteiger partial charge in [0.1, 0.15) is 0 Å². The predicted octanol–water partition coefficient (Wildman–Crippen LogP) is 1.18. The molecule has 4 nitrogen and oxygen atoms in total. The summed E-state index contributed by atoms with van der Waals surface area (Å²) in [5.74, 6) is 0. The number of rotatable bonds is 2. The van der Waals surface area contributed by atoms with Crippen LogP contribution in [0.5, 0.6) is 0 Å². The van der Waals surface area contributed by atoms with Gasteiger partial charge in [0.2, 0.25) is 0 Å². The first-order chi connectivity index (χ1) is 7.77. The molecule has 0 aromatic heterocycles. The number of hydrogen-bond acceptors (Lipinski definition) is 3. The summed E-state index contributed by atoms with van der Waals surface area (Å²) in [5.41, 5.74) is 7.58. The third-order valence-electron chi connectivity index (χ3n) is 2.51. The molecule has 3 N–H and O–H groups in total. The molecule has 1 aliphatic heterocycles. The van der Waals surface area contributed by atoms with E-state index >= 15 is 0 Å². The van der Waals surface area contributed by atoms with E-state index < -0.39 is 0 Å². The summed E-state index contributed by atoms with van der Waals surface area (Å²) in [6.07, 6.45) is 0. The first kappa shape index (κ1) is 11.2. The van der Waals surface area contributed by atoms with Crippen molar-refractivity contribution in [1.29, 1.82) is 0 Å². The lowest BCUT2D eigenvalue weighted by atomic mass is 10.2. The minimum atomic E-state index is 0.292. The van der Waals surface area contributed by atoms with Crippen molar-refractivity contribution < 1.29 is 4.74 Å². The van der Waals surface area contributed by atoms with E-state index in [4.69, 9.17) is 22.7 Å². The minimum Gasteiger partial charge on any atom is -0.378 e. The second-order valence-electron chi connectivity index (χ2n) is 3.61. The van der Waals surface area contributed by atoms with E-state index in [1.165, 1.54) is 0 Å². The third kappa shape index (κ3) is 2.62. The lowest BCUT2D eigenvalue weighted by Gasteiger charge is -2.30. The Balaban J connectivity index is 2.20. The van der Waals surface area contributed by atoms with Crippen molar-refractivity contribution in [2.24, 2.45) is 5.73 Å². The smallest absolute Gasteiger partial charge is 0.168 e. The Morgan fingerprint density at radius 3 is 2.69 bits per heavy atom. The summed E-state index contributed by atoms with van der Waals surface area (Å²) >= 11 is 4.86. The highest BCUT2D eigenvalue weighted by atomic mass is 32.1. The van der Waals surface area contributed by atoms with Gasteiger partial charge in [0, 0.05) is 13.1 Å². The lowest BCUT2D eigenvalue weighted by molar-refractivity contribution is 0.123. The topological polar surface area (TPSA) is 50.5 Å². The molecule has 0 bridgehead atoms. The van der Waals surface area contributed by atoms with Gasteiger partial charge in [-0.1, -0.05) is 12.1 Å². The maximum absolute atomic E-state index is 5.50. The molecular weight excluding hydrogens is 222 g/mol.